The number of nitrogens with one attached hydrogen (secondary N) is 1. The highest BCUT2D eigenvalue weighted by Crippen LogP contribution is 2.45. The van der Waals surface area contributed by atoms with Gasteiger partial charge >= 0.3 is 0 Å². The molecule has 0 aromatic heterocycles. The molecule has 1 fully saturated rings. The zero-order chi connectivity index (χ0) is 15.0. The minimum absolute atomic E-state index is 0.190. The second-order valence-corrected chi connectivity index (χ2v) is 7.85. The summed E-state index contributed by atoms with van der Waals surface area (Å²) >= 11 is 0. The second kappa shape index (κ2) is 5.52. The topological polar surface area (TPSA) is 12.0 Å². The first kappa shape index (κ1) is 15.6. The van der Waals surface area contributed by atoms with Gasteiger partial charge in [0.25, 0.3) is 0 Å². The number of rotatable bonds is 3. The summed E-state index contributed by atoms with van der Waals surface area (Å²) in [6, 6.07) is 7.10. The summed E-state index contributed by atoms with van der Waals surface area (Å²) < 4.78 is 0. The van der Waals surface area contributed by atoms with Crippen LogP contribution < -0.4 is 5.32 Å². The highest BCUT2D eigenvalue weighted by molar-refractivity contribution is 5.36. The van der Waals surface area contributed by atoms with Gasteiger partial charge in [-0.3, -0.25) is 0 Å². The predicted octanol–water partition coefficient (Wildman–Crippen LogP) is 4.75. The summed E-state index contributed by atoms with van der Waals surface area (Å²) in [4.78, 5) is 0. The van der Waals surface area contributed by atoms with Gasteiger partial charge in [-0.1, -0.05) is 31.5 Å². The van der Waals surface area contributed by atoms with Crippen LogP contribution >= 0.6 is 0 Å². The van der Waals surface area contributed by atoms with Crippen molar-refractivity contribution in [1.29, 1.82) is 0 Å². The standard InChI is InChI=1S/C19H31N/c1-14-9-10-17(12-15(14)2)19(11-7-8-16(19)3)13-20-18(4,5)6/h9-10,12,16,20H,7-8,11,13H2,1-6H3. The molecule has 1 nitrogen and oxygen atoms in total. The van der Waals surface area contributed by atoms with Gasteiger partial charge in [0, 0.05) is 17.5 Å². The third kappa shape index (κ3) is 3.09. The third-order valence-electron chi connectivity index (χ3n) is 5.22. The van der Waals surface area contributed by atoms with Gasteiger partial charge in [0.1, 0.15) is 0 Å². The fraction of sp³-hybridized carbons (Fsp3) is 0.684. The Bertz CT molecular complexity index is 469. The summed E-state index contributed by atoms with van der Waals surface area (Å²) in [5.41, 5.74) is 4.89. The molecule has 0 bridgehead atoms. The van der Waals surface area contributed by atoms with Crippen LogP contribution in [-0.4, -0.2) is 12.1 Å². The molecule has 2 unspecified atom stereocenters. The fourth-order valence-electron chi connectivity index (χ4n) is 3.51. The first-order valence-electron chi connectivity index (χ1n) is 8.07. The smallest absolute Gasteiger partial charge is 0.0104 e. The van der Waals surface area contributed by atoms with E-state index in [9.17, 15) is 0 Å². The van der Waals surface area contributed by atoms with Crippen LogP contribution in [0.25, 0.3) is 0 Å². The summed E-state index contributed by atoms with van der Waals surface area (Å²) in [6.45, 7) is 14.8. The minimum atomic E-state index is 0.190. The van der Waals surface area contributed by atoms with Crippen molar-refractivity contribution in [2.24, 2.45) is 5.92 Å². The van der Waals surface area contributed by atoms with Gasteiger partial charge in [-0.15, -0.1) is 0 Å². The van der Waals surface area contributed by atoms with Gasteiger partial charge in [-0.2, -0.15) is 0 Å². The van der Waals surface area contributed by atoms with Crippen LogP contribution in [0.3, 0.4) is 0 Å². The molecule has 0 spiro atoms. The van der Waals surface area contributed by atoms with Crippen LogP contribution in [-0.2, 0) is 5.41 Å². The Morgan fingerprint density at radius 1 is 1.20 bits per heavy atom. The summed E-state index contributed by atoms with van der Waals surface area (Å²) in [6.07, 6.45) is 4.04. The van der Waals surface area contributed by atoms with E-state index in [1.807, 2.05) is 0 Å². The predicted molar refractivity (Wildman–Crippen MR) is 88.4 cm³/mol. The van der Waals surface area contributed by atoms with Crippen molar-refractivity contribution >= 4 is 0 Å². The van der Waals surface area contributed by atoms with Crippen molar-refractivity contribution in [3.63, 3.8) is 0 Å². The molecule has 112 valence electrons. The third-order valence-corrected chi connectivity index (χ3v) is 5.22. The Hall–Kier alpha value is -0.820. The number of aryl methyl sites for hydroxylation is 2. The van der Waals surface area contributed by atoms with E-state index in [1.54, 1.807) is 5.56 Å². The average Bonchev–Trinajstić information content (AvgIpc) is 2.72. The maximum atomic E-state index is 3.77. The molecular weight excluding hydrogens is 242 g/mol. The maximum Gasteiger partial charge on any atom is 0.0104 e. The van der Waals surface area contributed by atoms with Crippen LogP contribution in [0.2, 0.25) is 0 Å². The molecule has 1 aromatic rings. The van der Waals surface area contributed by atoms with Crippen LogP contribution in [0.15, 0.2) is 18.2 Å². The highest BCUT2D eigenvalue weighted by Gasteiger charge is 2.42. The van der Waals surface area contributed by atoms with Crippen molar-refractivity contribution in [2.75, 3.05) is 6.54 Å². The molecule has 2 atom stereocenters. The summed E-state index contributed by atoms with van der Waals surface area (Å²) in [5.74, 6) is 0.763. The van der Waals surface area contributed by atoms with E-state index < -0.39 is 0 Å². The Labute approximate surface area is 125 Å². The SMILES string of the molecule is Cc1ccc(C2(CNC(C)(C)C)CCCC2C)cc1C. The van der Waals surface area contributed by atoms with E-state index in [2.05, 4.69) is 65.1 Å². The van der Waals surface area contributed by atoms with E-state index in [1.165, 1.54) is 30.4 Å². The van der Waals surface area contributed by atoms with Crippen molar-refractivity contribution in [3.8, 4) is 0 Å². The molecule has 1 aliphatic rings. The van der Waals surface area contributed by atoms with E-state index >= 15 is 0 Å². The van der Waals surface area contributed by atoms with Gasteiger partial charge in [0.2, 0.25) is 0 Å². The Morgan fingerprint density at radius 3 is 2.40 bits per heavy atom. The zero-order valence-corrected chi connectivity index (χ0v) is 14.1. The minimum Gasteiger partial charge on any atom is -0.311 e. The number of benzene rings is 1. The first-order chi connectivity index (χ1) is 9.24. The van der Waals surface area contributed by atoms with Gasteiger partial charge in [0.05, 0.1) is 0 Å². The van der Waals surface area contributed by atoms with Gasteiger partial charge in [-0.05, 0) is 70.1 Å². The molecule has 2 rings (SSSR count). The van der Waals surface area contributed by atoms with Gasteiger partial charge < -0.3 is 5.32 Å². The molecule has 1 aromatic carbocycles. The quantitative estimate of drug-likeness (QED) is 0.838. The highest BCUT2D eigenvalue weighted by atomic mass is 15.0. The van der Waals surface area contributed by atoms with Crippen molar-refractivity contribution in [3.05, 3.63) is 34.9 Å². The van der Waals surface area contributed by atoms with E-state index in [-0.39, 0.29) is 5.54 Å². The van der Waals surface area contributed by atoms with Gasteiger partial charge in [0.15, 0.2) is 0 Å². The van der Waals surface area contributed by atoms with Crippen molar-refractivity contribution < 1.29 is 0 Å². The van der Waals surface area contributed by atoms with E-state index in [4.69, 9.17) is 0 Å². The van der Waals surface area contributed by atoms with Crippen LogP contribution in [0.1, 0.15) is 63.6 Å². The summed E-state index contributed by atoms with van der Waals surface area (Å²) in [5, 5.41) is 3.77. The number of hydrogen-bond donors (Lipinski definition) is 1. The largest absolute Gasteiger partial charge is 0.311 e. The second-order valence-electron chi connectivity index (χ2n) is 7.85. The molecule has 1 heteroatoms. The molecule has 1 N–H and O–H groups in total. The molecule has 0 amide bonds. The Kier molecular flexibility index (Phi) is 4.30. The first-order valence-corrected chi connectivity index (χ1v) is 8.07. The van der Waals surface area contributed by atoms with E-state index in [0.29, 0.717) is 5.41 Å². The lowest BCUT2D eigenvalue weighted by Crippen LogP contribution is -2.47. The lowest BCUT2D eigenvalue weighted by Gasteiger charge is -2.38. The lowest BCUT2D eigenvalue weighted by molar-refractivity contribution is 0.279. The molecule has 0 aliphatic heterocycles. The average molecular weight is 273 g/mol. The van der Waals surface area contributed by atoms with Gasteiger partial charge in [-0.25, -0.2) is 0 Å². The summed E-state index contributed by atoms with van der Waals surface area (Å²) in [7, 11) is 0. The van der Waals surface area contributed by atoms with E-state index in [0.717, 1.165) is 12.5 Å². The zero-order valence-electron chi connectivity index (χ0n) is 14.1. The fourth-order valence-corrected chi connectivity index (χ4v) is 3.51. The molecular formula is C19H31N. The lowest BCUT2D eigenvalue weighted by atomic mass is 9.72. The van der Waals surface area contributed by atoms with Crippen LogP contribution in [0, 0.1) is 19.8 Å². The Balaban J connectivity index is 2.34. The normalized spacial score (nSPS) is 27.0. The Morgan fingerprint density at radius 2 is 1.90 bits per heavy atom. The molecule has 0 radical (unpaired) electrons. The molecule has 1 aliphatic carbocycles. The number of hydrogen-bond acceptors (Lipinski definition) is 1. The molecule has 20 heavy (non-hydrogen) atoms. The maximum absolute atomic E-state index is 3.77. The molecule has 1 saturated carbocycles. The van der Waals surface area contributed by atoms with Crippen LogP contribution in [0.5, 0.6) is 0 Å². The van der Waals surface area contributed by atoms with Crippen molar-refractivity contribution in [1.82, 2.24) is 5.32 Å². The monoisotopic (exact) mass is 273 g/mol. The molecule has 0 saturated heterocycles. The van der Waals surface area contributed by atoms with Crippen molar-refractivity contribution in [2.45, 2.75) is 71.8 Å². The molecule has 0 heterocycles. The van der Waals surface area contributed by atoms with Crippen LogP contribution in [0.4, 0.5) is 0 Å².